The zero-order chi connectivity index (χ0) is 10.8. The highest BCUT2D eigenvalue weighted by Crippen LogP contribution is 2.18. The van der Waals surface area contributed by atoms with Crippen molar-refractivity contribution in [1.82, 2.24) is 15.3 Å². The molecule has 0 saturated carbocycles. The van der Waals surface area contributed by atoms with Gasteiger partial charge < -0.3 is 10.3 Å². The van der Waals surface area contributed by atoms with Crippen LogP contribution in [0.2, 0.25) is 5.02 Å². The number of rotatable bonds is 2. The minimum atomic E-state index is -0.352. The molecule has 0 aliphatic heterocycles. The topological polar surface area (TPSA) is 57.8 Å². The molecule has 78 valence electrons. The van der Waals surface area contributed by atoms with Crippen LogP contribution in [0.5, 0.6) is 0 Å². The summed E-state index contributed by atoms with van der Waals surface area (Å²) in [4.78, 5) is 17.8. The molecule has 0 saturated heterocycles. The Morgan fingerprint density at radius 1 is 1.53 bits per heavy atom. The monoisotopic (exact) mass is 223 g/mol. The van der Waals surface area contributed by atoms with E-state index in [1.807, 2.05) is 13.1 Å². The van der Waals surface area contributed by atoms with E-state index < -0.39 is 0 Å². The first-order chi connectivity index (χ1) is 7.20. The van der Waals surface area contributed by atoms with E-state index in [1.54, 1.807) is 12.1 Å². The van der Waals surface area contributed by atoms with Gasteiger partial charge in [0.05, 0.1) is 5.52 Å². The molecule has 0 spiro atoms. The van der Waals surface area contributed by atoms with E-state index in [9.17, 15) is 4.79 Å². The molecule has 0 bridgehead atoms. The van der Waals surface area contributed by atoms with Gasteiger partial charge in [0.2, 0.25) is 0 Å². The summed E-state index contributed by atoms with van der Waals surface area (Å²) in [5.74, 6) is 0. The van der Waals surface area contributed by atoms with Crippen molar-refractivity contribution in [1.29, 1.82) is 0 Å². The number of hydrogen-bond acceptors (Lipinski definition) is 3. The predicted molar refractivity (Wildman–Crippen MR) is 60.1 cm³/mol. The van der Waals surface area contributed by atoms with Gasteiger partial charge in [0, 0.05) is 22.6 Å². The number of nitrogens with zero attached hydrogens (tertiary/aromatic N) is 1. The van der Waals surface area contributed by atoms with Crippen molar-refractivity contribution < 1.29 is 0 Å². The highest BCUT2D eigenvalue weighted by atomic mass is 35.5. The molecule has 2 N–H and O–H groups in total. The normalized spacial score (nSPS) is 10.8. The maximum absolute atomic E-state index is 11.3. The summed E-state index contributed by atoms with van der Waals surface area (Å²) in [6, 6.07) is 5.32. The molecule has 0 aliphatic carbocycles. The summed E-state index contributed by atoms with van der Waals surface area (Å²) in [5, 5.41) is 4.48. The lowest BCUT2D eigenvalue weighted by Crippen LogP contribution is -2.17. The molecule has 4 nitrogen and oxygen atoms in total. The minimum absolute atomic E-state index is 0.352. The largest absolute Gasteiger partial charge is 0.345 e. The van der Waals surface area contributed by atoms with Crippen LogP contribution in [0.4, 0.5) is 0 Å². The molecule has 2 rings (SSSR count). The standard InChI is InChI=1S/C10H10ClN3O/c1-12-5-9-7-3-2-6(11)4-8(7)13-10(15)14-9/h2-4,12H,5H2,1H3,(H,13,14,15). The minimum Gasteiger partial charge on any atom is -0.314 e. The fourth-order valence-corrected chi connectivity index (χ4v) is 1.67. The Labute approximate surface area is 91.3 Å². The van der Waals surface area contributed by atoms with Gasteiger partial charge in [-0.3, -0.25) is 0 Å². The molecular formula is C10H10ClN3O. The fraction of sp³-hybridized carbons (Fsp3) is 0.200. The van der Waals surface area contributed by atoms with Crippen molar-refractivity contribution in [3.63, 3.8) is 0 Å². The number of halogens is 1. The van der Waals surface area contributed by atoms with Gasteiger partial charge in [0.15, 0.2) is 0 Å². The summed E-state index contributed by atoms with van der Waals surface area (Å²) in [6.45, 7) is 0.593. The number of nitrogens with one attached hydrogen (secondary N) is 2. The van der Waals surface area contributed by atoms with Crippen molar-refractivity contribution in [2.24, 2.45) is 0 Å². The first kappa shape index (κ1) is 10.1. The van der Waals surface area contributed by atoms with Gasteiger partial charge in [0.1, 0.15) is 0 Å². The van der Waals surface area contributed by atoms with E-state index in [1.165, 1.54) is 0 Å². The summed E-state index contributed by atoms with van der Waals surface area (Å²) in [7, 11) is 1.82. The van der Waals surface area contributed by atoms with Crippen LogP contribution in [0.15, 0.2) is 23.0 Å². The maximum atomic E-state index is 11.3. The van der Waals surface area contributed by atoms with E-state index in [-0.39, 0.29) is 5.69 Å². The molecule has 0 unspecified atom stereocenters. The van der Waals surface area contributed by atoms with E-state index in [0.29, 0.717) is 17.1 Å². The molecule has 1 heterocycles. The zero-order valence-electron chi connectivity index (χ0n) is 8.17. The Balaban J connectivity index is 2.74. The first-order valence-corrected chi connectivity index (χ1v) is 4.91. The summed E-state index contributed by atoms with van der Waals surface area (Å²) in [5.41, 5.74) is 1.09. The molecule has 0 atom stereocenters. The van der Waals surface area contributed by atoms with Gasteiger partial charge in [0.25, 0.3) is 0 Å². The van der Waals surface area contributed by atoms with E-state index in [2.05, 4.69) is 15.3 Å². The van der Waals surface area contributed by atoms with E-state index >= 15 is 0 Å². The van der Waals surface area contributed by atoms with E-state index in [4.69, 9.17) is 11.6 Å². The lowest BCUT2D eigenvalue weighted by atomic mass is 10.2. The molecule has 0 radical (unpaired) electrons. The lowest BCUT2D eigenvalue weighted by Gasteiger charge is -2.04. The number of hydrogen-bond donors (Lipinski definition) is 2. The Morgan fingerprint density at radius 3 is 3.07 bits per heavy atom. The third-order valence-electron chi connectivity index (χ3n) is 2.12. The Hall–Kier alpha value is -1.39. The van der Waals surface area contributed by atoms with Gasteiger partial charge in [-0.15, -0.1) is 0 Å². The molecular weight excluding hydrogens is 214 g/mol. The van der Waals surface area contributed by atoms with Crippen LogP contribution in [-0.4, -0.2) is 17.0 Å². The Morgan fingerprint density at radius 2 is 2.33 bits per heavy atom. The zero-order valence-corrected chi connectivity index (χ0v) is 8.93. The van der Waals surface area contributed by atoms with Crippen LogP contribution in [-0.2, 0) is 6.54 Å². The lowest BCUT2D eigenvalue weighted by molar-refractivity contribution is 0.789. The third-order valence-corrected chi connectivity index (χ3v) is 2.35. The smallest absolute Gasteiger partial charge is 0.314 e. The number of aromatic amines is 1. The number of aromatic nitrogens is 2. The highest BCUT2D eigenvalue weighted by molar-refractivity contribution is 6.31. The summed E-state index contributed by atoms with van der Waals surface area (Å²) >= 11 is 5.83. The van der Waals surface area contributed by atoms with E-state index in [0.717, 1.165) is 11.1 Å². The van der Waals surface area contributed by atoms with Crippen LogP contribution >= 0.6 is 11.6 Å². The predicted octanol–water partition coefficient (Wildman–Crippen LogP) is 1.30. The average molecular weight is 224 g/mol. The van der Waals surface area contributed by atoms with Crippen LogP contribution in [0.25, 0.3) is 10.9 Å². The quantitative estimate of drug-likeness (QED) is 0.807. The second kappa shape index (κ2) is 4.00. The molecule has 1 aromatic heterocycles. The van der Waals surface area contributed by atoms with Crippen LogP contribution < -0.4 is 11.0 Å². The number of H-pyrrole nitrogens is 1. The summed E-state index contributed by atoms with van der Waals surface area (Å²) in [6.07, 6.45) is 0. The van der Waals surface area contributed by atoms with Crippen molar-refractivity contribution in [2.45, 2.75) is 6.54 Å². The fourth-order valence-electron chi connectivity index (χ4n) is 1.50. The number of fused-ring (bicyclic) bond motifs is 1. The second-order valence-corrected chi connectivity index (χ2v) is 3.65. The molecule has 15 heavy (non-hydrogen) atoms. The van der Waals surface area contributed by atoms with Crippen molar-refractivity contribution in [3.8, 4) is 0 Å². The van der Waals surface area contributed by atoms with Crippen LogP contribution in [0, 0.1) is 0 Å². The van der Waals surface area contributed by atoms with Crippen molar-refractivity contribution in [3.05, 3.63) is 39.4 Å². The molecule has 2 aromatic rings. The summed E-state index contributed by atoms with van der Waals surface area (Å²) < 4.78 is 0. The highest BCUT2D eigenvalue weighted by Gasteiger charge is 2.04. The van der Waals surface area contributed by atoms with Crippen molar-refractivity contribution >= 4 is 22.5 Å². The molecule has 0 aliphatic rings. The molecule has 0 fully saturated rings. The SMILES string of the molecule is CNCc1[nH]c(=O)nc2cc(Cl)ccc12. The van der Waals surface area contributed by atoms with Crippen LogP contribution in [0.1, 0.15) is 5.69 Å². The Kier molecular flexibility index (Phi) is 2.70. The average Bonchev–Trinajstić information content (AvgIpc) is 2.17. The molecule has 5 heteroatoms. The van der Waals surface area contributed by atoms with Gasteiger partial charge in [-0.1, -0.05) is 11.6 Å². The van der Waals surface area contributed by atoms with Gasteiger partial charge in [-0.25, -0.2) is 4.79 Å². The van der Waals surface area contributed by atoms with Gasteiger partial charge in [-0.2, -0.15) is 4.98 Å². The molecule has 0 amide bonds. The van der Waals surface area contributed by atoms with Crippen LogP contribution in [0.3, 0.4) is 0 Å². The van der Waals surface area contributed by atoms with Gasteiger partial charge >= 0.3 is 5.69 Å². The Bertz CT molecular complexity index is 550. The maximum Gasteiger partial charge on any atom is 0.345 e. The second-order valence-electron chi connectivity index (χ2n) is 3.21. The first-order valence-electron chi connectivity index (χ1n) is 4.54. The third kappa shape index (κ3) is 2.00. The van der Waals surface area contributed by atoms with Gasteiger partial charge in [-0.05, 0) is 25.2 Å². The number of benzene rings is 1. The molecule has 1 aromatic carbocycles. The van der Waals surface area contributed by atoms with Crippen molar-refractivity contribution in [2.75, 3.05) is 7.05 Å².